The molecule has 0 bridgehead atoms. The first-order chi connectivity index (χ1) is 12.9. The molecule has 0 spiro atoms. The maximum absolute atomic E-state index is 12.0. The third-order valence-corrected chi connectivity index (χ3v) is 6.35. The molecular weight excluding hydrogens is 390 g/mol. The second-order valence-corrected chi connectivity index (χ2v) is 8.44. The number of hydrogen-bond acceptors (Lipinski definition) is 4. The van der Waals surface area contributed by atoms with E-state index in [1.807, 2.05) is 0 Å². The molecule has 0 unspecified atom stereocenters. The Bertz CT molecular complexity index is 961. The SMILES string of the molecule is O=C(NCc1ccccc1Cl)C(=O)Nc1ccc(N2CCCS2(=O)=O)cc1. The van der Waals surface area contributed by atoms with Crippen LogP contribution in [-0.2, 0) is 26.2 Å². The first-order valence-corrected chi connectivity index (χ1v) is 10.3. The molecule has 0 aliphatic carbocycles. The van der Waals surface area contributed by atoms with E-state index in [1.165, 1.54) is 4.31 Å². The van der Waals surface area contributed by atoms with E-state index in [2.05, 4.69) is 10.6 Å². The number of sulfonamides is 1. The fourth-order valence-corrected chi connectivity index (χ4v) is 4.49. The predicted octanol–water partition coefficient (Wildman–Crippen LogP) is 2.13. The van der Waals surface area contributed by atoms with E-state index >= 15 is 0 Å². The lowest BCUT2D eigenvalue weighted by atomic mass is 10.2. The van der Waals surface area contributed by atoms with Crippen molar-refractivity contribution >= 4 is 44.8 Å². The molecule has 2 amide bonds. The molecule has 1 heterocycles. The van der Waals surface area contributed by atoms with E-state index in [0.717, 1.165) is 0 Å². The Morgan fingerprint density at radius 3 is 2.37 bits per heavy atom. The highest BCUT2D eigenvalue weighted by molar-refractivity contribution is 7.93. The van der Waals surface area contributed by atoms with Gasteiger partial charge in [0.15, 0.2) is 0 Å². The highest BCUT2D eigenvalue weighted by Gasteiger charge is 2.28. The van der Waals surface area contributed by atoms with Gasteiger partial charge in [0.25, 0.3) is 0 Å². The van der Waals surface area contributed by atoms with Crippen LogP contribution in [0.1, 0.15) is 12.0 Å². The van der Waals surface area contributed by atoms with E-state index in [9.17, 15) is 18.0 Å². The summed E-state index contributed by atoms with van der Waals surface area (Å²) in [5, 5.41) is 5.49. The minimum Gasteiger partial charge on any atom is -0.344 e. The van der Waals surface area contributed by atoms with E-state index in [0.29, 0.717) is 34.9 Å². The van der Waals surface area contributed by atoms with Crippen molar-refractivity contribution in [3.63, 3.8) is 0 Å². The van der Waals surface area contributed by atoms with Gasteiger partial charge >= 0.3 is 11.8 Å². The van der Waals surface area contributed by atoms with Crippen LogP contribution in [0.25, 0.3) is 0 Å². The van der Waals surface area contributed by atoms with Gasteiger partial charge < -0.3 is 10.6 Å². The number of carbonyl (C=O) groups excluding carboxylic acids is 2. The van der Waals surface area contributed by atoms with Crippen molar-refractivity contribution in [3.05, 3.63) is 59.1 Å². The Hall–Kier alpha value is -2.58. The van der Waals surface area contributed by atoms with Crippen LogP contribution in [0.5, 0.6) is 0 Å². The summed E-state index contributed by atoms with van der Waals surface area (Å²) in [7, 11) is -3.26. The van der Waals surface area contributed by atoms with Gasteiger partial charge in [-0.3, -0.25) is 13.9 Å². The van der Waals surface area contributed by atoms with Crippen molar-refractivity contribution in [2.24, 2.45) is 0 Å². The van der Waals surface area contributed by atoms with Crippen molar-refractivity contribution < 1.29 is 18.0 Å². The monoisotopic (exact) mass is 407 g/mol. The molecule has 1 saturated heterocycles. The van der Waals surface area contributed by atoms with Gasteiger partial charge in [0.2, 0.25) is 10.0 Å². The number of halogens is 1. The standard InChI is InChI=1S/C18H18ClN3O4S/c19-16-5-2-1-4-13(16)12-20-17(23)18(24)21-14-6-8-15(9-7-14)22-10-3-11-27(22,25)26/h1-2,4-9H,3,10-12H2,(H,20,23)(H,21,24). The molecule has 7 nitrogen and oxygen atoms in total. The van der Waals surface area contributed by atoms with Crippen LogP contribution in [0.4, 0.5) is 11.4 Å². The Labute approximate surface area is 162 Å². The van der Waals surface area contributed by atoms with Crippen molar-refractivity contribution in [3.8, 4) is 0 Å². The average Bonchev–Trinajstić information content (AvgIpc) is 3.00. The summed E-state index contributed by atoms with van der Waals surface area (Å²) in [5.41, 5.74) is 1.64. The van der Waals surface area contributed by atoms with Crippen molar-refractivity contribution in [1.82, 2.24) is 5.32 Å². The zero-order valence-electron chi connectivity index (χ0n) is 14.3. The van der Waals surface area contributed by atoms with E-state index in [1.54, 1.807) is 48.5 Å². The molecule has 3 rings (SSSR count). The molecule has 9 heteroatoms. The predicted molar refractivity (Wildman–Crippen MR) is 104 cm³/mol. The lowest BCUT2D eigenvalue weighted by Crippen LogP contribution is -2.35. The van der Waals surface area contributed by atoms with Gasteiger partial charge in [0, 0.05) is 23.8 Å². The van der Waals surface area contributed by atoms with Gasteiger partial charge in [-0.2, -0.15) is 0 Å². The molecule has 27 heavy (non-hydrogen) atoms. The van der Waals surface area contributed by atoms with Crippen LogP contribution in [0.2, 0.25) is 5.02 Å². The van der Waals surface area contributed by atoms with Crippen molar-refractivity contribution in [1.29, 1.82) is 0 Å². The largest absolute Gasteiger partial charge is 0.344 e. The summed E-state index contributed by atoms with van der Waals surface area (Å²) in [4.78, 5) is 23.9. The maximum atomic E-state index is 12.0. The fraction of sp³-hybridized carbons (Fsp3) is 0.222. The molecule has 1 fully saturated rings. The Kier molecular flexibility index (Phi) is 5.67. The van der Waals surface area contributed by atoms with Gasteiger partial charge in [-0.15, -0.1) is 0 Å². The van der Waals surface area contributed by atoms with Crippen molar-refractivity contribution in [2.75, 3.05) is 21.9 Å². The first kappa shape index (κ1) is 19.2. The number of benzene rings is 2. The molecule has 0 aromatic heterocycles. The smallest absolute Gasteiger partial charge is 0.313 e. The van der Waals surface area contributed by atoms with Crippen LogP contribution in [0, 0.1) is 0 Å². The van der Waals surface area contributed by atoms with E-state index in [4.69, 9.17) is 11.6 Å². The van der Waals surface area contributed by atoms with Crippen LogP contribution in [0.3, 0.4) is 0 Å². The summed E-state index contributed by atoms with van der Waals surface area (Å²) < 4.78 is 25.2. The number of rotatable bonds is 4. The molecule has 0 saturated carbocycles. The third-order valence-electron chi connectivity index (χ3n) is 4.12. The number of nitrogens with zero attached hydrogens (tertiary/aromatic N) is 1. The minimum atomic E-state index is -3.26. The lowest BCUT2D eigenvalue weighted by Gasteiger charge is -2.17. The maximum Gasteiger partial charge on any atom is 0.313 e. The number of hydrogen-bond donors (Lipinski definition) is 2. The molecular formula is C18H18ClN3O4S. The highest BCUT2D eigenvalue weighted by Crippen LogP contribution is 2.25. The van der Waals surface area contributed by atoms with Crippen molar-refractivity contribution in [2.45, 2.75) is 13.0 Å². The highest BCUT2D eigenvalue weighted by atomic mass is 35.5. The van der Waals surface area contributed by atoms with Crippen LogP contribution < -0.4 is 14.9 Å². The van der Waals surface area contributed by atoms with E-state index < -0.39 is 21.8 Å². The van der Waals surface area contributed by atoms with Gasteiger partial charge in [-0.25, -0.2) is 8.42 Å². The first-order valence-electron chi connectivity index (χ1n) is 8.30. The molecule has 0 atom stereocenters. The second kappa shape index (κ2) is 7.98. The summed E-state index contributed by atoms with van der Waals surface area (Å²) in [6, 6.07) is 13.3. The number of nitrogens with one attached hydrogen (secondary N) is 2. The normalized spacial score (nSPS) is 15.4. The van der Waals surface area contributed by atoms with Gasteiger partial charge in [0.1, 0.15) is 0 Å². The molecule has 2 aromatic carbocycles. The molecule has 1 aliphatic rings. The van der Waals surface area contributed by atoms with E-state index in [-0.39, 0.29) is 12.3 Å². The van der Waals surface area contributed by atoms with Crippen LogP contribution >= 0.6 is 11.6 Å². The molecule has 1 aliphatic heterocycles. The lowest BCUT2D eigenvalue weighted by molar-refractivity contribution is -0.136. The van der Waals surface area contributed by atoms with Crippen LogP contribution in [-0.4, -0.2) is 32.5 Å². The zero-order chi connectivity index (χ0) is 19.4. The quantitative estimate of drug-likeness (QED) is 0.759. The topological polar surface area (TPSA) is 95.6 Å². The molecule has 2 N–H and O–H groups in total. The van der Waals surface area contributed by atoms with Gasteiger partial charge in [-0.05, 0) is 42.3 Å². The zero-order valence-corrected chi connectivity index (χ0v) is 15.9. The fourth-order valence-electron chi connectivity index (χ4n) is 2.73. The summed E-state index contributed by atoms with van der Waals surface area (Å²) in [6.07, 6.45) is 0.590. The number of amides is 2. The minimum absolute atomic E-state index is 0.136. The van der Waals surface area contributed by atoms with Gasteiger partial charge in [0.05, 0.1) is 11.4 Å². The Balaban J connectivity index is 1.57. The number of anilines is 2. The summed E-state index contributed by atoms with van der Waals surface area (Å²) >= 11 is 6.01. The molecule has 0 radical (unpaired) electrons. The number of carbonyl (C=O) groups is 2. The average molecular weight is 408 g/mol. The van der Waals surface area contributed by atoms with Crippen LogP contribution in [0.15, 0.2) is 48.5 Å². The summed E-state index contributed by atoms with van der Waals surface area (Å²) in [5.74, 6) is -1.47. The Morgan fingerprint density at radius 2 is 1.74 bits per heavy atom. The summed E-state index contributed by atoms with van der Waals surface area (Å²) in [6.45, 7) is 0.580. The Morgan fingerprint density at radius 1 is 1.04 bits per heavy atom. The molecule has 142 valence electrons. The molecule has 2 aromatic rings. The van der Waals surface area contributed by atoms with Gasteiger partial charge in [-0.1, -0.05) is 29.8 Å². The third kappa shape index (κ3) is 4.58. The second-order valence-electron chi connectivity index (χ2n) is 6.02.